The molecule has 25 heavy (non-hydrogen) atoms. The molecule has 1 fully saturated rings. The molecule has 8 heteroatoms. The van der Waals surface area contributed by atoms with E-state index in [9.17, 15) is 9.90 Å². The van der Waals surface area contributed by atoms with E-state index in [2.05, 4.69) is 15.0 Å². The highest BCUT2D eigenvalue weighted by Crippen LogP contribution is 2.22. The van der Waals surface area contributed by atoms with Gasteiger partial charge in [0.15, 0.2) is 6.10 Å². The Morgan fingerprint density at radius 3 is 2.88 bits per heavy atom. The van der Waals surface area contributed by atoms with Crippen LogP contribution in [0.2, 0.25) is 0 Å². The molecule has 4 heterocycles. The van der Waals surface area contributed by atoms with Crippen LogP contribution in [0.4, 0.5) is 0 Å². The second-order valence-corrected chi connectivity index (χ2v) is 6.84. The third-order valence-electron chi connectivity index (χ3n) is 5.14. The first-order chi connectivity index (χ1) is 12.1. The first kappa shape index (κ1) is 16.3. The molecular formula is C17H24N6O2. The predicted molar refractivity (Wildman–Crippen MR) is 90.6 cm³/mol. The molecule has 1 saturated heterocycles. The van der Waals surface area contributed by atoms with E-state index in [0.717, 1.165) is 51.4 Å². The summed E-state index contributed by atoms with van der Waals surface area (Å²) in [5.74, 6) is 0.877. The lowest BCUT2D eigenvalue weighted by Crippen LogP contribution is -2.40. The third kappa shape index (κ3) is 3.19. The van der Waals surface area contributed by atoms with Crippen molar-refractivity contribution in [2.75, 3.05) is 26.2 Å². The van der Waals surface area contributed by atoms with Gasteiger partial charge >= 0.3 is 0 Å². The standard InChI is InChI=1S/C17H24N6O2/c1-20-6-4-18-17(20)16(25)14-11-13-12-21(8-10-23(13)19-14)7-9-22-5-2-3-15(22)24/h4,6,11,16,25H,2-3,5,7-10,12H2,1H3/t16-/m1/s1. The monoisotopic (exact) mass is 344 g/mol. The van der Waals surface area contributed by atoms with Crippen molar-refractivity contribution in [1.29, 1.82) is 0 Å². The fraction of sp³-hybridized carbons (Fsp3) is 0.588. The number of hydrogen-bond donors (Lipinski definition) is 1. The Hall–Kier alpha value is -2.19. The van der Waals surface area contributed by atoms with Crippen molar-refractivity contribution in [3.05, 3.63) is 35.7 Å². The van der Waals surface area contributed by atoms with E-state index in [1.54, 1.807) is 6.20 Å². The van der Waals surface area contributed by atoms with Gasteiger partial charge in [0, 0.05) is 58.6 Å². The van der Waals surface area contributed by atoms with E-state index in [1.165, 1.54) is 0 Å². The maximum atomic E-state index is 11.7. The Bertz CT molecular complexity index is 767. The van der Waals surface area contributed by atoms with Gasteiger partial charge in [0.2, 0.25) is 5.91 Å². The van der Waals surface area contributed by atoms with Crippen molar-refractivity contribution in [3.8, 4) is 0 Å². The zero-order valence-electron chi connectivity index (χ0n) is 14.5. The molecule has 1 amide bonds. The van der Waals surface area contributed by atoms with Crippen LogP contribution in [0.3, 0.4) is 0 Å². The van der Waals surface area contributed by atoms with Crippen molar-refractivity contribution >= 4 is 5.91 Å². The number of rotatable bonds is 5. The van der Waals surface area contributed by atoms with Crippen molar-refractivity contribution < 1.29 is 9.90 Å². The smallest absolute Gasteiger partial charge is 0.222 e. The van der Waals surface area contributed by atoms with Gasteiger partial charge < -0.3 is 14.6 Å². The highest BCUT2D eigenvalue weighted by molar-refractivity contribution is 5.78. The molecule has 8 nitrogen and oxygen atoms in total. The van der Waals surface area contributed by atoms with Gasteiger partial charge in [-0.1, -0.05) is 0 Å². The van der Waals surface area contributed by atoms with Gasteiger partial charge in [0.1, 0.15) is 5.82 Å². The van der Waals surface area contributed by atoms with E-state index in [4.69, 9.17) is 0 Å². The number of likely N-dealkylation sites (tertiary alicyclic amines) is 1. The topological polar surface area (TPSA) is 79.4 Å². The van der Waals surface area contributed by atoms with Crippen molar-refractivity contribution in [2.45, 2.75) is 32.0 Å². The van der Waals surface area contributed by atoms with Crippen LogP contribution in [0.15, 0.2) is 18.5 Å². The summed E-state index contributed by atoms with van der Waals surface area (Å²) >= 11 is 0. The molecule has 4 rings (SSSR count). The van der Waals surface area contributed by atoms with Crippen LogP contribution in [0, 0.1) is 0 Å². The molecule has 0 bridgehead atoms. The van der Waals surface area contributed by atoms with Gasteiger partial charge in [-0.2, -0.15) is 5.10 Å². The number of aliphatic hydroxyl groups excluding tert-OH is 1. The SMILES string of the molecule is Cn1ccnc1[C@H](O)c1cc2n(n1)CCN(CCN1CCCC1=O)C2. The number of aromatic nitrogens is 4. The fourth-order valence-electron chi connectivity index (χ4n) is 3.64. The van der Waals surface area contributed by atoms with Crippen LogP contribution in [-0.2, 0) is 24.9 Å². The van der Waals surface area contributed by atoms with Crippen LogP contribution < -0.4 is 0 Å². The van der Waals surface area contributed by atoms with Crippen LogP contribution >= 0.6 is 0 Å². The van der Waals surface area contributed by atoms with Crippen molar-refractivity contribution in [2.24, 2.45) is 7.05 Å². The fourth-order valence-corrected chi connectivity index (χ4v) is 3.64. The zero-order chi connectivity index (χ0) is 17.4. The lowest BCUT2D eigenvalue weighted by atomic mass is 10.2. The molecule has 134 valence electrons. The number of nitrogens with zero attached hydrogens (tertiary/aromatic N) is 6. The molecule has 2 aromatic heterocycles. The van der Waals surface area contributed by atoms with Gasteiger partial charge in [0.05, 0.1) is 17.9 Å². The summed E-state index contributed by atoms with van der Waals surface area (Å²) in [6, 6.07) is 1.96. The minimum Gasteiger partial charge on any atom is -0.379 e. The number of aliphatic hydroxyl groups is 1. The molecule has 2 aliphatic rings. The Labute approximate surface area is 146 Å². The summed E-state index contributed by atoms with van der Waals surface area (Å²) in [5, 5.41) is 15.1. The first-order valence-electron chi connectivity index (χ1n) is 8.84. The Kier molecular flexibility index (Phi) is 4.30. The highest BCUT2D eigenvalue weighted by Gasteiger charge is 2.25. The first-order valence-corrected chi connectivity index (χ1v) is 8.84. The third-order valence-corrected chi connectivity index (χ3v) is 5.14. The van der Waals surface area contributed by atoms with Crippen LogP contribution in [-0.4, -0.2) is 66.3 Å². The number of amides is 1. The predicted octanol–water partition coefficient (Wildman–Crippen LogP) is 0.136. The quantitative estimate of drug-likeness (QED) is 0.834. The minimum absolute atomic E-state index is 0.280. The maximum absolute atomic E-state index is 11.7. The number of carbonyl (C=O) groups excluding carboxylic acids is 1. The lowest BCUT2D eigenvalue weighted by molar-refractivity contribution is -0.127. The minimum atomic E-state index is -0.811. The van der Waals surface area contributed by atoms with Gasteiger partial charge in [-0.15, -0.1) is 0 Å². The number of fused-ring (bicyclic) bond motifs is 1. The zero-order valence-corrected chi connectivity index (χ0v) is 14.5. The summed E-state index contributed by atoms with van der Waals surface area (Å²) < 4.78 is 3.78. The molecule has 0 aromatic carbocycles. The van der Waals surface area contributed by atoms with E-state index in [0.29, 0.717) is 17.9 Å². The Balaban J connectivity index is 1.41. The van der Waals surface area contributed by atoms with Crippen molar-refractivity contribution in [1.82, 2.24) is 29.1 Å². The van der Waals surface area contributed by atoms with E-state index < -0.39 is 6.10 Å². The molecule has 1 atom stereocenters. The summed E-state index contributed by atoms with van der Waals surface area (Å²) in [6.45, 7) is 5.09. The molecule has 0 radical (unpaired) electrons. The number of aryl methyl sites for hydroxylation is 1. The Morgan fingerprint density at radius 2 is 2.16 bits per heavy atom. The molecular weight excluding hydrogens is 320 g/mol. The summed E-state index contributed by atoms with van der Waals surface area (Å²) in [6.07, 6.45) is 4.36. The summed E-state index contributed by atoms with van der Waals surface area (Å²) in [7, 11) is 1.86. The highest BCUT2D eigenvalue weighted by atomic mass is 16.3. The van der Waals surface area contributed by atoms with Crippen molar-refractivity contribution in [3.63, 3.8) is 0 Å². The number of carbonyl (C=O) groups is 1. The van der Waals surface area contributed by atoms with Crippen LogP contribution in [0.25, 0.3) is 0 Å². The number of imidazole rings is 1. The normalized spacial score (nSPS) is 19.4. The summed E-state index contributed by atoms with van der Waals surface area (Å²) in [5.41, 5.74) is 1.74. The number of hydrogen-bond acceptors (Lipinski definition) is 5. The molecule has 0 aliphatic carbocycles. The Morgan fingerprint density at radius 1 is 1.28 bits per heavy atom. The van der Waals surface area contributed by atoms with E-state index in [1.807, 2.05) is 33.5 Å². The van der Waals surface area contributed by atoms with Gasteiger partial charge in [-0.3, -0.25) is 14.4 Å². The van der Waals surface area contributed by atoms with Crippen LogP contribution in [0.5, 0.6) is 0 Å². The molecule has 0 spiro atoms. The average molecular weight is 344 g/mol. The van der Waals surface area contributed by atoms with E-state index >= 15 is 0 Å². The molecule has 0 saturated carbocycles. The second-order valence-electron chi connectivity index (χ2n) is 6.84. The molecule has 0 unspecified atom stereocenters. The van der Waals surface area contributed by atoms with Crippen LogP contribution in [0.1, 0.15) is 36.2 Å². The van der Waals surface area contributed by atoms with Gasteiger partial charge in [0.25, 0.3) is 0 Å². The maximum Gasteiger partial charge on any atom is 0.222 e. The molecule has 1 N–H and O–H groups in total. The largest absolute Gasteiger partial charge is 0.379 e. The van der Waals surface area contributed by atoms with Gasteiger partial charge in [-0.05, 0) is 12.5 Å². The average Bonchev–Trinajstić information content (AvgIpc) is 3.31. The van der Waals surface area contributed by atoms with E-state index in [-0.39, 0.29) is 5.91 Å². The molecule has 2 aromatic rings. The lowest BCUT2D eigenvalue weighted by Gasteiger charge is -2.29. The van der Waals surface area contributed by atoms with Gasteiger partial charge in [-0.25, -0.2) is 4.98 Å². The second kappa shape index (κ2) is 6.61. The molecule has 2 aliphatic heterocycles. The summed E-state index contributed by atoms with van der Waals surface area (Å²) in [4.78, 5) is 20.2.